The number of aryl methyl sites for hydroxylation is 2. The van der Waals surface area contributed by atoms with E-state index in [1.807, 2.05) is 0 Å². The van der Waals surface area contributed by atoms with Crippen LogP contribution in [0, 0.1) is 6.92 Å². The lowest BCUT2D eigenvalue weighted by molar-refractivity contribution is 0.183. The molecule has 0 saturated carbocycles. The van der Waals surface area contributed by atoms with Gasteiger partial charge in [-0.1, -0.05) is 25.1 Å². The predicted octanol–water partition coefficient (Wildman–Crippen LogP) is 1.72. The van der Waals surface area contributed by atoms with Crippen molar-refractivity contribution in [3.8, 4) is 0 Å². The zero-order valence-corrected chi connectivity index (χ0v) is 11.6. The highest BCUT2D eigenvalue weighted by Gasteiger charge is 2.22. The SMILES string of the molecule is CCc1cccc(C)c1N1CC(O)CNC(C)C1. The smallest absolute Gasteiger partial charge is 0.0839 e. The molecule has 1 heterocycles. The van der Waals surface area contributed by atoms with Crippen molar-refractivity contribution in [2.45, 2.75) is 39.3 Å². The Labute approximate surface area is 110 Å². The van der Waals surface area contributed by atoms with Gasteiger partial charge in [-0.3, -0.25) is 0 Å². The first kappa shape index (κ1) is 13.4. The Kier molecular flexibility index (Phi) is 4.25. The van der Waals surface area contributed by atoms with Gasteiger partial charge in [-0.05, 0) is 31.4 Å². The van der Waals surface area contributed by atoms with Crippen LogP contribution >= 0.6 is 0 Å². The van der Waals surface area contributed by atoms with Gasteiger partial charge in [0.05, 0.1) is 6.10 Å². The lowest BCUT2D eigenvalue weighted by Crippen LogP contribution is -2.36. The quantitative estimate of drug-likeness (QED) is 0.836. The third kappa shape index (κ3) is 2.85. The molecule has 2 atom stereocenters. The molecule has 3 heteroatoms. The van der Waals surface area contributed by atoms with E-state index in [9.17, 15) is 5.11 Å². The van der Waals surface area contributed by atoms with E-state index >= 15 is 0 Å². The molecule has 0 bridgehead atoms. The molecular formula is C15H24N2O. The average molecular weight is 248 g/mol. The van der Waals surface area contributed by atoms with Gasteiger partial charge in [-0.15, -0.1) is 0 Å². The summed E-state index contributed by atoms with van der Waals surface area (Å²) in [6, 6.07) is 6.88. The Bertz CT molecular complexity index is 393. The molecule has 2 rings (SSSR count). The molecule has 18 heavy (non-hydrogen) atoms. The number of nitrogens with one attached hydrogen (secondary N) is 1. The Hall–Kier alpha value is -1.06. The van der Waals surface area contributed by atoms with Crippen molar-refractivity contribution in [3.05, 3.63) is 29.3 Å². The number of hydrogen-bond acceptors (Lipinski definition) is 3. The van der Waals surface area contributed by atoms with Crippen LogP contribution in [0.2, 0.25) is 0 Å². The largest absolute Gasteiger partial charge is 0.390 e. The third-order valence-electron chi connectivity index (χ3n) is 3.65. The number of nitrogens with zero attached hydrogens (tertiary/aromatic N) is 1. The van der Waals surface area contributed by atoms with Crippen LogP contribution in [0.4, 0.5) is 5.69 Å². The standard InChI is InChI=1S/C15H24N2O/c1-4-13-7-5-6-11(2)15(13)17-9-12(3)16-8-14(18)10-17/h5-7,12,14,16,18H,4,8-10H2,1-3H3. The first-order valence-electron chi connectivity index (χ1n) is 6.86. The molecule has 2 unspecified atom stereocenters. The zero-order chi connectivity index (χ0) is 13.1. The summed E-state index contributed by atoms with van der Waals surface area (Å²) in [5, 5.41) is 13.3. The van der Waals surface area contributed by atoms with Crippen LogP contribution in [0.3, 0.4) is 0 Å². The highest BCUT2D eigenvalue weighted by Crippen LogP contribution is 2.26. The van der Waals surface area contributed by atoms with E-state index in [4.69, 9.17) is 0 Å². The maximum absolute atomic E-state index is 9.99. The minimum absolute atomic E-state index is 0.292. The summed E-state index contributed by atoms with van der Waals surface area (Å²) in [5.41, 5.74) is 3.99. The minimum Gasteiger partial charge on any atom is -0.390 e. The first-order valence-corrected chi connectivity index (χ1v) is 6.86. The molecule has 2 N–H and O–H groups in total. The third-order valence-corrected chi connectivity index (χ3v) is 3.65. The molecule has 0 aliphatic carbocycles. The Morgan fingerprint density at radius 2 is 2.17 bits per heavy atom. The molecule has 0 spiro atoms. The van der Waals surface area contributed by atoms with Crippen LogP contribution in [-0.2, 0) is 6.42 Å². The molecule has 0 radical (unpaired) electrons. The molecule has 100 valence electrons. The van der Waals surface area contributed by atoms with Gasteiger partial charge in [0.15, 0.2) is 0 Å². The van der Waals surface area contributed by atoms with Gasteiger partial charge in [-0.25, -0.2) is 0 Å². The molecule has 1 aliphatic heterocycles. The second kappa shape index (κ2) is 5.72. The maximum Gasteiger partial charge on any atom is 0.0839 e. The Morgan fingerprint density at radius 1 is 1.39 bits per heavy atom. The van der Waals surface area contributed by atoms with E-state index < -0.39 is 0 Å². The lowest BCUT2D eigenvalue weighted by atomic mass is 10.0. The van der Waals surface area contributed by atoms with Crippen LogP contribution in [0.25, 0.3) is 0 Å². The average Bonchev–Trinajstić information content (AvgIpc) is 2.50. The number of aliphatic hydroxyl groups excluding tert-OH is 1. The summed E-state index contributed by atoms with van der Waals surface area (Å²) in [4.78, 5) is 2.34. The van der Waals surface area contributed by atoms with Crippen molar-refractivity contribution < 1.29 is 5.11 Å². The van der Waals surface area contributed by atoms with Gasteiger partial charge in [0, 0.05) is 31.4 Å². The molecule has 1 saturated heterocycles. The molecule has 0 amide bonds. The fourth-order valence-electron chi connectivity index (χ4n) is 2.77. The first-order chi connectivity index (χ1) is 8.61. The van der Waals surface area contributed by atoms with Gasteiger partial charge in [0.25, 0.3) is 0 Å². The van der Waals surface area contributed by atoms with Gasteiger partial charge in [0.1, 0.15) is 0 Å². The summed E-state index contributed by atoms with van der Waals surface area (Å²) in [5.74, 6) is 0. The zero-order valence-electron chi connectivity index (χ0n) is 11.6. The molecule has 1 aromatic carbocycles. The summed E-state index contributed by atoms with van der Waals surface area (Å²) in [6.07, 6.45) is 0.741. The minimum atomic E-state index is -0.292. The Balaban J connectivity index is 2.33. The van der Waals surface area contributed by atoms with Gasteiger partial charge >= 0.3 is 0 Å². The Morgan fingerprint density at radius 3 is 2.89 bits per heavy atom. The highest BCUT2D eigenvalue weighted by molar-refractivity contribution is 5.59. The molecule has 1 aromatic rings. The van der Waals surface area contributed by atoms with E-state index in [0.717, 1.165) is 19.5 Å². The van der Waals surface area contributed by atoms with E-state index in [2.05, 4.69) is 49.2 Å². The topological polar surface area (TPSA) is 35.5 Å². The molecule has 0 aromatic heterocycles. The van der Waals surface area contributed by atoms with Crippen LogP contribution < -0.4 is 10.2 Å². The lowest BCUT2D eigenvalue weighted by Gasteiger charge is -2.29. The maximum atomic E-state index is 9.99. The van der Waals surface area contributed by atoms with Crippen molar-refractivity contribution in [1.82, 2.24) is 5.32 Å². The van der Waals surface area contributed by atoms with Crippen molar-refractivity contribution in [3.63, 3.8) is 0 Å². The van der Waals surface area contributed by atoms with Crippen LogP contribution in [0.15, 0.2) is 18.2 Å². The number of aliphatic hydroxyl groups is 1. The number of hydrogen-bond donors (Lipinski definition) is 2. The van der Waals surface area contributed by atoms with E-state index in [1.165, 1.54) is 16.8 Å². The van der Waals surface area contributed by atoms with Crippen molar-refractivity contribution >= 4 is 5.69 Å². The van der Waals surface area contributed by atoms with E-state index in [1.54, 1.807) is 0 Å². The van der Waals surface area contributed by atoms with Crippen LogP contribution in [-0.4, -0.2) is 36.9 Å². The predicted molar refractivity (Wildman–Crippen MR) is 76.2 cm³/mol. The molecular weight excluding hydrogens is 224 g/mol. The highest BCUT2D eigenvalue weighted by atomic mass is 16.3. The molecule has 1 fully saturated rings. The van der Waals surface area contributed by atoms with Crippen LogP contribution in [0.5, 0.6) is 0 Å². The second-order valence-corrected chi connectivity index (χ2v) is 5.30. The summed E-state index contributed by atoms with van der Waals surface area (Å²) < 4.78 is 0. The van der Waals surface area contributed by atoms with Gasteiger partial charge in [0.2, 0.25) is 0 Å². The molecule has 1 aliphatic rings. The van der Waals surface area contributed by atoms with Gasteiger partial charge < -0.3 is 15.3 Å². The number of benzene rings is 1. The second-order valence-electron chi connectivity index (χ2n) is 5.30. The van der Waals surface area contributed by atoms with Crippen molar-refractivity contribution in [1.29, 1.82) is 0 Å². The molecule has 3 nitrogen and oxygen atoms in total. The number of rotatable bonds is 2. The number of para-hydroxylation sites is 1. The van der Waals surface area contributed by atoms with Crippen molar-refractivity contribution in [2.24, 2.45) is 0 Å². The van der Waals surface area contributed by atoms with Gasteiger partial charge in [-0.2, -0.15) is 0 Å². The number of β-amino-alcohol motifs (C(OH)–C–C–N with tert-alkyl or cyclic N) is 1. The summed E-state index contributed by atoms with van der Waals surface area (Å²) in [6.45, 7) is 8.88. The normalized spacial score (nSPS) is 25.0. The van der Waals surface area contributed by atoms with E-state index in [-0.39, 0.29) is 6.10 Å². The fourth-order valence-corrected chi connectivity index (χ4v) is 2.77. The van der Waals surface area contributed by atoms with E-state index in [0.29, 0.717) is 12.6 Å². The summed E-state index contributed by atoms with van der Waals surface area (Å²) in [7, 11) is 0. The number of anilines is 1. The monoisotopic (exact) mass is 248 g/mol. The summed E-state index contributed by atoms with van der Waals surface area (Å²) >= 11 is 0. The van der Waals surface area contributed by atoms with Crippen molar-refractivity contribution in [2.75, 3.05) is 24.5 Å². The van der Waals surface area contributed by atoms with Crippen LogP contribution in [0.1, 0.15) is 25.0 Å². The fraction of sp³-hybridized carbons (Fsp3) is 0.600.